The topological polar surface area (TPSA) is 69.9 Å². The standard InChI is InChI=1S/C14H18N4O2/c1-4-20-14(19)12-13(10(2)3)18(17-16-12)9-11-5-7-15-8-6-11/h5-8,10H,4,9H2,1-3H3. The van der Waals surface area contributed by atoms with Crippen LogP contribution in [-0.2, 0) is 11.3 Å². The van der Waals surface area contributed by atoms with Crippen molar-refractivity contribution in [1.29, 1.82) is 0 Å². The Hall–Kier alpha value is -2.24. The molecule has 2 rings (SSSR count). The van der Waals surface area contributed by atoms with Crippen LogP contribution in [0.15, 0.2) is 24.5 Å². The Morgan fingerprint density at radius 3 is 2.65 bits per heavy atom. The molecule has 0 spiro atoms. The zero-order valence-electron chi connectivity index (χ0n) is 11.9. The summed E-state index contributed by atoms with van der Waals surface area (Å²) >= 11 is 0. The fourth-order valence-electron chi connectivity index (χ4n) is 2.01. The van der Waals surface area contributed by atoms with E-state index in [1.165, 1.54) is 0 Å². The Bertz CT molecular complexity index is 578. The van der Waals surface area contributed by atoms with Crippen molar-refractivity contribution < 1.29 is 9.53 Å². The van der Waals surface area contributed by atoms with Crippen LogP contribution < -0.4 is 0 Å². The van der Waals surface area contributed by atoms with Gasteiger partial charge in [-0.2, -0.15) is 0 Å². The summed E-state index contributed by atoms with van der Waals surface area (Å²) in [7, 11) is 0. The first-order valence-corrected chi connectivity index (χ1v) is 6.62. The molecule has 0 fully saturated rings. The van der Waals surface area contributed by atoms with Crippen molar-refractivity contribution in [3.05, 3.63) is 41.5 Å². The Balaban J connectivity index is 2.32. The molecule has 0 unspecified atom stereocenters. The number of carbonyl (C=O) groups excluding carboxylic acids is 1. The van der Waals surface area contributed by atoms with Crippen LogP contribution in [0.4, 0.5) is 0 Å². The van der Waals surface area contributed by atoms with Crippen molar-refractivity contribution in [3.8, 4) is 0 Å². The van der Waals surface area contributed by atoms with Gasteiger partial charge >= 0.3 is 5.97 Å². The molecule has 0 saturated carbocycles. The molecule has 0 aromatic carbocycles. The predicted molar refractivity (Wildman–Crippen MR) is 73.4 cm³/mol. The van der Waals surface area contributed by atoms with Gasteiger partial charge in [0, 0.05) is 12.4 Å². The third kappa shape index (κ3) is 3.01. The van der Waals surface area contributed by atoms with E-state index in [1.807, 2.05) is 26.0 Å². The van der Waals surface area contributed by atoms with E-state index in [1.54, 1.807) is 24.0 Å². The van der Waals surface area contributed by atoms with E-state index in [0.29, 0.717) is 18.8 Å². The highest BCUT2D eigenvalue weighted by molar-refractivity contribution is 5.88. The fraction of sp³-hybridized carbons (Fsp3) is 0.429. The number of ether oxygens (including phenoxy) is 1. The number of hydrogen-bond donors (Lipinski definition) is 0. The van der Waals surface area contributed by atoms with Crippen LogP contribution in [0.25, 0.3) is 0 Å². The lowest BCUT2D eigenvalue weighted by Gasteiger charge is -2.10. The summed E-state index contributed by atoms with van der Waals surface area (Å²) in [4.78, 5) is 15.9. The first-order chi connectivity index (χ1) is 9.63. The maximum absolute atomic E-state index is 11.9. The molecule has 106 valence electrons. The van der Waals surface area contributed by atoms with Crippen molar-refractivity contribution in [2.75, 3.05) is 6.61 Å². The second-order valence-corrected chi connectivity index (χ2v) is 4.71. The molecular weight excluding hydrogens is 256 g/mol. The Kier molecular flexibility index (Phi) is 4.45. The molecule has 0 N–H and O–H groups in total. The van der Waals surface area contributed by atoms with Gasteiger partial charge < -0.3 is 4.74 Å². The summed E-state index contributed by atoms with van der Waals surface area (Å²) in [6, 6.07) is 3.83. The number of esters is 1. The molecule has 2 heterocycles. The summed E-state index contributed by atoms with van der Waals surface area (Å²) in [5.74, 6) is -0.288. The number of aromatic nitrogens is 4. The van der Waals surface area contributed by atoms with Gasteiger partial charge in [0.2, 0.25) is 0 Å². The van der Waals surface area contributed by atoms with E-state index >= 15 is 0 Å². The quantitative estimate of drug-likeness (QED) is 0.780. The summed E-state index contributed by atoms with van der Waals surface area (Å²) in [5.41, 5.74) is 2.15. The number of rotatable bonds is 5. The molecule has 0 aliphatic rings. The fourth-order valence-corrected chi connectivity index (χ4v) is 2.01. The number of hydrogen-bond acceptors (Lipinski definition) is 5. The average Bonchev–Trinajstić information content (AvgIpc) is 2.84. The highest BCUT2D eigenvalue weighted by atomic mass is 16.5. The largest absolute Gasteiger partial charge is 0.461 e. The molecule has 0 aliphatic carbocycles. The van der Waals surface area contributed by atoms with Gasteiger partial charge in [-0.15, -0.1) is 5.10 Å². The molecule has 0 aliphatic heterocycles. The summed E-state index contributed by atoms with van der Waals surface area (Å²) in [6.07, 6.45) is 3.46. The van der Waals surface area contributed by atoms with Crippen LogP contribution in [0.2, 0.25) is 0 Å². The Morgan fingerprint density at radius 1 is 1.35 bits per heavy atom. The molecular formula is C14H18N4O2. The first kappa shape index (κ1) is 14.2. The van der Waals surface area contributed by atoms with E-state index in [2.05, 4.69) is 15.3 Å². The molecule has 0 saturated heterocycles. The molecule has 0 amide bonds. The monoisotopic (exact) mass is 274 g/mol. The molecule has 0 atom stereocenters. The second kappa shape index (κ2) is 6.27. The van der Waals surface area contributed by atoms with Crippen LogP contribution in [0.1, 0.15) is 48.4 Å². The third-order valence-electron chi connectivity index (χ3n) is 2.87. The minimum atomic E-state index is -0.419. The Labute approximate surface area is 117 Å². The molecule has 20 heavy (non-hydrogen) atoms. The summed E-state index contributed by atoms with van der Waals surface area (Å²) < 4.78 is 6.76. The summed E-state index contributed by atoms with van der Waals surface area (Å²) in [5, 5.41) is 8.06. The molecule has 0 bridgehead atoms. The third-order valence-corrected chi connectivity index (χ3v) is 2.87. The minimum absolute atomic E-state index is 0.131. The van der Waals surface area contributed by atoms with Gasteiger partial charge in [0.15, 0.2) is 5.69 Å². The van der Waals surface area contributed by atoms with Crippen LogP contribution >= 0.6 is 0 Å². The van der Waals surface area contributed by atoms with Crippen LogP contribution in [0, 0.1) is 0 Å². The predicted octanol–water partition coefficient (Wildman–Crippen LogP) is 2.02. The molecule has 6 nitrogen and oxygen atoms in total. The van der Waals surface area contributed by atoms with Crippen molar-refractivity contribution >= 4 is 5.97 Å². The molecule has 2 aromatic rings. The zero-order chi connectivity index (χ0) is 14.5. The SMILES string of the molecule is CCOC(=O)c1nnn(Cc2ccncc2)c1C(C)C. The van der Waals surface area contributed by atoms with Crippen LogP contribution in [0.5, 0.6) is 0 Å². The smallest absolute Gasteiger partial charge is 0.360 e. The van der Waals surface area contributed by atoms with Gasteiger partial charge in [0.25, 0.3) is 0 Å². The van der Waals surface area contributed by atoms with E-state index in [9.17, 15) is 4.79 Å². The highest BCUT2D eigenvalue weighted by Crippen LogP contribution is 2.19. The summed E-state index contributed by atoms with van der Waals surface area (Å²) in [6.45, 7) is 6.67. The lowest BCUT2D eigenvalue weighted by molar-refractivity contribution is 0.0517. The lowest BCUT2D eigenvalue weighted by Crippen LogP contribution is -2.13. The lowest BCUT2D eigenvalue weighted by atomic mass is 10.1. The Morgan fingerprint density at radius 2 is 2.05 bits per heavy atom. The highest BCUT2D eigenvalue weighted by Gasteiger charge is 2.23. The molecule has 2 aromatic heterocycles. The van der Waals surface area contributed by atoms with Crippen molar-refractivity contribution in [2.45, 2.75) is 33.2 Å². The van der Waals surface area contributed by atoms with Crippen LogP contribution in [0.3, 0.4) is 0 Å². The van der Waals surface area contributed by atoms with Crippen LogP contribution in [-0.4, -0.2) is 32.6 Å². The molecule has 6 heteroatoms. The van der Waals surface area contributed by atoms with Crippen molar-refractivity contribution in [2.24, 2.45) is 0 Å². The van der Waals surface area contributed by atoms with Gasteiger partial charge in [-0.1, -0.05) is 19.1 Å². The van der Waals surface area contributed by atoms with E-state index in [4.69, 9.17) is 4.74 Å². The minimum Gasteiger partial charge on any atom is -0.461 e. The molecule has 0 radical (unpaired) electrons. The van der Waals surface area contributed by atoms with Crippen molar-refractivity contribution in [1.82, 2.24) is 20.0 Å². The van der Waals surface area contributed by atoms with E-state index in [0.717, 1.165) is 11.3 Å². The average molecular weight is 274 g/mol. The number of nitrogens with zero attached hydrogens (tertiary/aromatic N) is 4. The van der Waals surface area contributed by atoms with Gasteiger partial charge in [-0.25, -0.2) is 9.48 Å². The normalized spacial score (nSPS) is 10.8. The van der Waals surface area contributed by atoms with Gasteiger partial charge in [0.1, 0.15) is 0 Å². The van der Waals surface area contributed by atoms with Gasteiger partial charge in [-0.05, 0) is 30.5 Å². The van der Waals surface area contributed by atoms with E-state index < -0.39 is 5.97 Å². The van der Waals surface area contributed by atoms with Crippen molar-refractivity contribution in [3.63, 3.8) is 0 Å². The first-order valence-electron chi connectivity index (χ1n) is 6.62. The van der Waals surface area contributed by atoms with Gasteiger partial charge in [0.05, 0.1) is 18.8 Å². The zero-order valence-corrected chi connectivity index (χ0v) is 11.9. The number of pyridine rings is 1. The maximum atomic E-state index is 11.9. The maximum Gasteiger partial charge on any atom is 0.360 e. The van der Waals surface area contributed by atoms with E-state index in [-0.39, 0.29) is 5.92 Å². The number of carbonyl (C=O) groups is 1. The van der Waals surface area contributed by atoms with Gasteiger partial charge in [-0.3, -0.25) is 4.98 Å². The second-order valence-electron chi connectivity index (χ2n) is 4.71.